The van der Waals surface area contributed by atoms with E-state index in [9.17, 15) is 0 Å². The first kappa shape index (κ1) is 18.5. The number of ether oxygens (including phenoxy) is 2. The van der Waals surface area contributed by atoms with Gasteiger partial charge in [0, 0.05) is 38.9 Å². The Hall–Kier alpha value is 0.130. The molecule has 130 valence electrons. The summed E-state index contributed by atoms with van der Waals surface area (Å²) in [6, 6.07) is 1.25. The van der Waals surface area contributed by atoms with Gasteiger partial charge in [-0.2, -0.15) is 0 Å². The van der Waals surface area contributed by atoms with Crippen LogP contribution in [0.2, 0.25) is 0 Å². The van der Waals surface area contributed by atoms with Gasteiger partial charge in [0.2, 0.25) is 0 Å². The lowest BCUT2D eigenvalue weighted by Gasteiger charge is -2.44. The lowest BCUT2D eigenvalue weighted by Crippen LogP contribution is -2.52. The van der Waals surface area contributed by atoms with Gasteiger partial charge in [-0.1, -0.05) is 12.8 Å². The quantitative estimate of drug-likeness (QED) is 0.751. The van der Waals surface area contributed by atoms with E-state index in [2.05, 4.69) is 10.6 Å². The first-order chi connectivity index (χ1) is 10.3. The van der Waals surface area contributed by atoms with Gasteiger partial charge in [-0.25, -0.2) is 0 Å². The van der Waals surface area contributed by atoms with Crippen LogP contribution in [-0.4, -0.2) is 52.1 Å². The van der Waals surface area contributed by atoms with Gasteiger partial charge in [0.25, 0.3) is 0 Å². The van der Waals surface area contributed by atoms with Crippen LogP contribution in [-0.2, 0) is 9.47 Å². The molecule has 0 spiro atoms. The minimum atomic E-state index is 0. The Morgan fingerprint density at radius 2 is 2.14 bits per heavy atom. The largest absolute Gasteiger partial charge is 0.385 e. The summed E-state index contributed by atoms with van der Waals surface area (Å²) in [5.41, 5.74) is 0.527. The fourth-order valence-corrected chi connectivity index (χ4v) is 4.44. The average Bonchev–Trinajstić information content (AvgIpc) is 2.95. The predicted octanol–water partition coefficient (Wildman–Crippen LogP) is 2.36. The van der Waals surface area contributed by atoms with Crippen molar-refractivity contribution in [3.63, 3.8) is 0 Å². The zero-order valence-corrected chi connectivity index (χ0v) is 14.8. The molecule has 3 atom stereocenters. The van der Waals surface area contributed by atoms with Crippen LogP contribution in [0, 0.1) is 11.3 Å². The molecule has 5 heteroatoms. The van der Waals surface area contributed by atoms with Crippen molar-refractivity contribution < 1.29 is 9.47 Å². The van der Waals surface area contributed by atoms with Crippen molar-refractivity contribution in [3.05, 3.63) is 0 Å². The summed E-state index contributed by atoms with van der Waals surface area (Å²) < 4.78 is 11.0. The molecular weight excluding hydrogens is 300 g/mol. The maximum absolute atomic E-state index is 5.67. The van der Waals surface area contributed by atoms with E-state index in [1.807, 2.05) is 7.11 Å². The summed E-state index contributed by atoms with van der Waals surface area (Å²) in [6.45, 7) is 4.89. The van der Waals surface area contributed by atoms with Gasteiger partial charge in [-0.15, -0.1) is 12.4 Å². The van der Waals surface area contributed by atoms with Crippen molar-refractivity contribution in [2.75, 3.05) is 40.0 Å². The van der Waals surface area contributed by atoms with E-state index in [4.69, 9.17) is 9.47 Å². The smallest absolute Gasteiger partial charge is 0.0623 e. The van der Waals surface area contributed by atoms with E-state index >= 15 is 0 Å². The van der Waals surface area contributed by atoms with Crippen LogP contribution in [0.5, 0.6) is 0 Å². The van der Waals surface area contributed by atoms with Crippen LogP contribution in [0.15, 0.2) is 0 Å². The fourth-order valence-electron chi connectivity index (χ4n) is 4.44. The highest BCUT2D eigenvalue weighted by Gasteiger charge is 2.39. The molecule has 1 saturated heterocycles. The molecule has 3 rings (SSSR count). The summed E-state index contributed by atoms with van der Waals surface area (Å²) in [5.74, 6) is 0.754. The van der Waals surface area contributed by atoms with Gasteiger partial charge in [-0.05, 0) is 43.4 Å². The molecule has 0 bridgehead atoms. The number of morpholine rings is 1. The summed E-state index contributed by atoms with van der Waals surface area (Å²) in [5, 5.41) is 7.59. The maximum atomic E-state index is 5.67. The first-order valence-electron chi connectivity index (χ1n) is 8.86. The number of hydrogen-bond donors (Lipinski definition) is 2. The standard InChI is InChI=1S/C17H32N2O2.ClH/c1-20-10-8-17(6-3-7-17)13-19-15-5-2-4-14(15)16-12-21-11-9-18-16;/h14-16,18-19H,2-13H2,1H3;1H. The van der Waals surface area contributed by atoms with Gasteiger partial charge in [0.05, 0.1) is 13.2 Å². The van der Waals surface area contributed by atoms with E-state index in [1.165, 1.54) is 51.5 Å². The third-order valence-corrected chi connectivity index (χ3v) is 6.03. The minimum absolute atomic E-state index is 0. The first-order valence-corrected chi connectivity index (χ1v) is 8.86. The molecule has 1 aliphatic heterocycles. The Balaban J connectivity index is 0.00000176. The molecule has 3 fully saturated rings. The van der Waals surface area contributed by atoms with Gasteiger partial charge in [0.1, 0.15) is 0 Å². The van der Waals surface area contributed by atoms with Crippen molar-refractivity contribution in [1.82, 2.24) is 10.6 Å². The second kappa shape index (κ2) is 8.84. The Bertz CT molecular complexity index is 320. The molecule has 4 nitrogen and oxygen atoms in total. The molecule has 0 aromatic heterocycles. The molecule has 0 amide bonds. The van der Waals surface area contributed by atoms with Crippen molar-refractivity contribution in [2.24, 2.45) is 11.3 Å². The van der Waals surface area contributed by atoms with E-state index in [0.717, 1.165) is 32.3 Å². The second-order valence-electron chi connectivity index (χ2n) is 7.31. The fraction of sp³-hybridized carbons (Fsp3) is 1.00. The van der Waals surface area contributed by atoms with Crippen LogP contribution < -0.4 is 10.6 Å². The third kappa shape index (κ3) is 4.35. The lowest BCUT2D eigenvalue weighted by molar-refractivity contribution is 0.0442. The van der Waals surface area contributed by atoms with Crippen LogP contribution in [0.25, 0.3) is 0 Å². The number of nitrogens with one attached hydrogen (secondary N) is 2. The molecule has 0 radical (unpaired) electrons. The molecular formula is C17H33ClN2O2. The van der Waals surface area contributed by atoms with Crippen molar-refractivity contribution >= 4 is 12.4 Å². The highest BCUT2D eigenvalue weighted by molar-refractivity contribution is 5.85. The average molecular weight is 333 g/mol. The van der Waals surface area contributed by atoms with Crippen LogP contribution in [0.3, 0.4) is 0 Å². The highest BCUT2D eigenvalue weighted by atomic mass is 35.5. The number of halogens is 1. The summed E-state index contributed by atoms with van der Waals surface area (Å²) in [7, 11) is 1.82. The molecule has 2 saturated carbocycles. The predicted molar refractivity (Wildman–Crippen MR) is 91.8 cm³/mol. The molecule has 3 unspecified atom stereocenters. The Morgan fingerprint density at radius 3 is 2.77 bits per heavy atom. The number of methoxy groups -OCH3 is 1. The summed E-state index contributed by atoms with van der Waals surface area (Å²) in [6.07, 6.45) is 9.44. The summed E-state index contributed by atoms with van der Waals surface area (Å²) >= 11 is 0. The lowest BCUT2D eigenvalue weighted by atomic mass is 9.66. The Labute approximate surface area is 141 Å². The highest BCUT2D eigenvalue weighted by Crippen LogP contribution is 2.44. The van der Waals surface area contributed by atoms with E-state index in [1.54, 1.807) is 0 Å². The maximum Gasteiger partial charge on any atom is 0.0623 e. The SMILES string of the molecule is COCCC1(CNC2CCCC2C2COCCN2)CCC1.Cl. The number of hydrogen-bond acceptors (Lipinski definition) is 4. The Morgan fingerprint density at radius 1 is 1.27 bits per heavy atom. The number of rotatable bonds is 7. The zero-order valence-electron chi connectivity index (χ0n) is 13.9. The zero-order chi connectivity index (χ0) is 14.5. The molecule has 3 aliphatic rings. The van der Waals surface area contributed by atoms with Gasteiger partial charge < -0.3 is 20.1 Å². The van der Waals surface area contributed by atoms with Crippen LogP contribution >= 0.6 is 12.4 Å². The molecule has 2 N–H and O–H groups in total. The second-order valence-corrected chi connectivity index (χ2v) is 7.31. The van der Waals surface area contributed by atoms with Crippen LogP contribution in [0.1, 0.15) is 44.9 Å². The molecule has 0 aromatic carbocycles. The van der Waals surface area contributed by atoms with E-state index in [0.29, 0.717) is 17.5 Å². The molecule has 1 heterocycles. The van der Waals surface area contributed by atoms with Gasteiger partial charge in [-0.3, -0.25) is 0 Å². The van der Waals surface area contributed by atoms with Crippen LogP contribution in [0.4, 0.5) is 0 Å². The topological polar surface area (TPSA) is 42.5 Å². The third-order valence-electron chi connectivity index (χ3n) is 6.03. The van der Waals surface area contributed by atoms with E-state index in [-0.39, 0.29) is 12.4 Å². The summed E-state index contributed by atoms with van der Waals surface area (Å²) in [4.78, 5) is 0. The van der Waals surface area contributed by atoms with Gasteiger partial charge in [0.15, 0.2) is 0 Å². The van der Waals surface area contributed by atoms with Crippen molar-refractivity contribution in [2.45, 2.75) is 57.0 Å². The van der Waals surface area contributed by atoms with E-state index < -0.39 is 0 Å². The molecule has 22 heavy (non-hydrogen) atoms. The molecule has 2 aliphatic carbocycles. The van der Waals surface area contributed by atoms with Crippen molar-refractivity contribution in [1.29, 1.82) is 0 Å². The van der Waals surface area contributed by atoms with Crippen molar-refractivity contribution in [3.8, 4) is 0 Å². The minimum Gasteiger partial charge on any atom is -0.385 e. The monoisotopic (exact) mass is 332 g/mol. The Kier molecular flexibility index (Phi) is 7.42. The normalized spacial score (nSPS) is 34.0. The van der Waals surface area contributed by atoms with Gasteiger partial charge >= 0.3 is 0 Å². The molecule has 0 aromatic rings.